The molecule has 2 aromatic rings. The number of aryl methyl sites for hydroxylation is 1. The largest absolute Gasteiger partial charge is 0.497 e. The number of nitrogens with one attached hydrogen (secondary N) is 1. The number of anilines is 2. The molecular weight excluding hydrogens is 209 g/mol. The number of halogens is 1. The molecule has 0 spiro atoms. The lowest BCUT2D eigenvalue weighted by atomic mass is 10.3. The van der Waals surface area contributed by atoms with Crippen LogP contribution in [0.15, 0.2) is 30.6 Å². The Morgan fingerprint density at radius 2 is 2.25 bits per heavy atom. The summed E-state index contributed by atoms with van der Waals surface area (Å²) in [5.74, 6) is 0.137. The van der Waals surface area contributed by atoms with Crippen molar-refractivity contribution in [1.29, 1.82) is 0 Å². The number of aromatic nitrogens is 2. The summed E-state index contributed by atoms with van der Waals surface area (Å²) in [5.41, 5.74) is 1.14. The molecule has 16 heavy (non-hydrogen) atoms. The Kier molecular flexibility index (Phi) is 2.76. The molecule has 0 fully saturated rings. The summed E-state index contributed by atoms with van der Waals surface area (Å²) in [4.78, 5) is 0. The molecule has 1 aromatic heterocycles. The summed E-state index contributed by atoms with van der Waals surface area (Å²) in [6, 6.07) is 4.65. The summed E-state index contributed by atoms with van der Waals surface area (Å²) >= 11 is 0. The van der Waals surface area contributed by atoms with E-state index in [2.05, 4.69) is 10.4 Å². The second kappa shape index (κ2) is 4.22. The Morgan fingerprint density at radius 1 is 1.44 bits per heavy atom. The van der Waals surface area contributed by atoms with E-state index in [1.165, 1.54) is 13.2 Å². The molecule has 4 nitrogen and oxygen atoms in total. The fraction of sp³-hybridized carbons (Fsp3) is 0.182. The van der Waals surface area contributed by atoms with Crippen LogP contribution in [0, 0.1) is 5.82 Å². The predicted molar refractivity (Wildman–Crippen MR) is 59.4 cm³/mol. The first-order valence-electron chi connectivity index (χ1n) is 4.78. The van der Waals surface area contributed by atoms with Crippen LogP contribution in [0.2, 0.25) is 0 Å². The number of nitrogens with zero attached hydrogens (tertiary/aromatic N) is 2. The van der Waals surface area contributed by atoms with Gasteiger partial charge in [0, 0.05) is 19.3 Å². The molecule has 5 heteroatoms. The first-order valence-corrected chi connectivity index (χ1v) is 4.78. The average molecular weight is 221 g/mol. The highest BCUT2D eigenvalue weighted by molar-refractivity contribution is 5.59. The second-order valence-corrected chi connectivity index (χ2v) is 3.37. The molecule has 0 bridgehead atoms. The Balaban J connectivity index is 2.21. The van der Waals surface area contributed by atoms with Crippen molar-refractivity contribution in [3.63, 3.8) is 0 Å². The number of methoxy groups -OCH3 is 1. The van der Waals surface area contributed by atoms with Gasteiger partial charge in [-0.05, 0) is 12.1 Å². The van der Waals surface area contributed by atoms with Gasteiger partial charge in [0.1, 0.15) is 11.6 Å². The Morgan fingerprint density at radius 3 is 2.81 bits per heavy atom. The molecule has 0 amide bonds. The van der Waals surface area contributed by atoms with Gasteiger partial charge in [-0.2, -0.15) is 5.10 Å². The number of hydrogen-bond acceptors (Lipinski definition) is 3. The summed E-state index contributed by atoms with van der Waals surface area (Å²) < 4.78 is 20.1. The Bertz CT molecular complexity index is 496. The van der Waals surface area contributed by atoms with Gasteiger partial charge in [0.15, 0.2) is 0 Å². The molecule has 1 heterocycles. The third-order valence-electron chi connectivity index (χ3n) is 2.16. The summed E-state index contributed by atoms with van der Waals surface area (Å²) in [7, 11) is 3.30. The van der Waals surface area contributed by atoms with E-state index in [0.29, 0.717) is 11.4 Å². The molecule has 0 atom stereocenters. The quantitative estimate of drug-likeness (QED) is 0.864. The van der Waals surface area contributed by atoms with Gasteiger partial charge in [-0.3, -0.25) is 4.68 Å². The maximum atomic E-state index is 13.6. The number of rotatable bonds is 3. The van der Waals surface area contributed by atoms with E-state index in [1.54, 1.807) is 36.3 Å². The first-order chi connectivity index (χ1) is 7.69. The Hall–Kier alpha value is -2.04. The minimum absolute atomic E-state index is 0.358. The van der Waals surface area contributed by atoms with Crippen molar-refractivity contribution >= 4 is 11.4 Å². The third kappa shape index (κ3) is 2.13. The van der Waals surface area contributed by atoms with Gasteiger partial charge in [0.25, 0.3) is 0 Å². The standard InChI is InChI=1S/C11H12FN3O/c1-15-7-8(6-13-15)14-11-4-3-9(16-2)5-10(11)12/h3-7,14H,1-2H3. The van der Waals surface area contributed by atoms with E-state index in [9.17, 15) is 4.39 Å². The van der Waals surface area contributed by atoms with Crippen molar-refractivity contribution in [3.05, 3.63) is 36.4 Å². The van der Waals surface area contributed by atoms with Crippen LogP contribution < -0.4 is 10.1 Å². The van der Waals surface area contributed by atoms with Gasteiger partial charge in [-0.15, -0.1) is 0 Å². The number of ether oxygens (including phenoxy) is 1. The molecule has 2 rings (SSSR count). The molecule has 0 aliphatic rings. The molecule has 84 valence electrons. The van der Waals surface area contributed by atoms with E-state index in [1.807, 2.05) is 0 Å². The van der Waals surface area contributed by atoms with Crippen molar-refractivity contribution in [3.8, 4) is 5.75 Å². The highest BCUT2D eigenvalue weighted by Gasteiger charge is 2.04. The molecule has 0 aliphatic carbocycles. The molecule has 0 radical (unpaired) electrons. The van der Waals surface area contributed by atoms with Gasteiger partial charge in [0.2, 0.25) is 0 Å². The normalized spacial score (nSPS) is 10.2. The van der Waals surface area contributed by atoms with Crippen molar-refractivity contribution in [2.75, 3.05) is 12.4 Å². The lowest BCUT2D eigenvalue weighted by Gasteiger charge is -2.06. The van der Waals surface area contributed by atoms with Gasteiger partial charge >= 0.3 is 0 Å². The molecule has 1 N–H and O–H groups in total. The molecule has 0 saturated heterocycles. The van der Waals surface area contributed by atoms with Crippen LogP contribution >= 0.6 is 0 Å². The minimum Gasteiger partial charge on any atom is -0.497 e. The summed E-state index contributed by atoms with van der Waals surface area (Å²) in [6.45, 7) is 0. The van der Waals surface area contributed by atoms with Crippen molar-refractivity contribution in [2.24, 2.45) is 7.05 Å². The monoisotopic (exact) mass is 221 g/mol. The SMILES string of the molecule is COc1ccc(Nc2cnn(C)c2)c(F)c1. The number of benzene rings is 1. The second-order valence-electron chi connectivity index (χ2n) is 3.37. The lowest BCUT2D eigenvalue weighted by molar-refractivity contribution is 0.411. The van der Waals surface area contributed by atoms with Crippen LogP contribution in [-0.4, -0.2) is 16.9 Å². The van der Waals surface area contributed by atoms with E-state index in [0.717, 1.165) is 5.69 Å². The zero-order chi connectivity index (χ0) is 11.5. The number of hydrogen-bond donors (Lipinski definition) is 1. The smallest absolute Gasteiger partial charge is 0.150 e. The van der Waals surface area contributed by atoms with E-state index in [4.69, 9.17) is 4.74 Å². The fourth-order valence-electron chi connectivity index (χ4n) is 1.37. The van der Waals surface area contributed by atoms with E-state index < -0.39 is 0 Å². The van der Waals surface area contributed by atoms with Crippen molar-refractivity contribution < 1.29 is 9.13 Å². The Labute approximate surface area is 92.7 Å². The molecular formula is C11H12FN3O. The summed E-state index contributed by atoms with van der Waals surface area (Å²) in [6.07, 6.45) is 3.40. The highest BCUT2D eigenvalue weighted by atomic mass is 19.1. The van der Waals surface area contributed by atoms with Crippen molar-refractivity contribution in [2.45, 2.75) is 0 Å². The van der Waals surface area contributed by atoms with Crippen LogP contribution in [0.3, 0.4) is 0 Å². The maximum absolute atomic E-state index is 13.6. The van der Waals surface area contributed by atoms with Crippen LogP contribution in [0.4, 0.5) is 15.8 Å². The maximum Gasteiger partial charge on any atom is 0.150 e. The molecule has 1 aromatic carbocycles. The van der Waals surface area contributed by atoms with Crippen LogP contribution in [-0.2, 0) is 7.05 Å². The highest BCUT2D eigenvalue weighted by Crippen LogP contribution is 2.23. The predicted octanol–water partition coefficient (Wildman–Crippen LogP) is 2.31. The summed E-state index contributed by atoms with van der Waals surface area (Å²) in [5, 5.41) is 6.91. The lowest BCUT2D eigenvalue weighted by Crippen LogP contribution is -1.93. The zero-order valence-electron chi connectivity index (χ0n) is 9.07. The van der Waals surface area contributed by atoms with Crippen LogP contribution in [0.25, 0.3) is 0 Å². The van der Waals surface area contributed by atoms with Gasteiger partial charge in [0.05, 0.1) is 24.7 Å². The van der Waals surface area contributed by atoms with Gasteiger partial charge < -0.3 is 10.1 Å². The van der Waals surface area contributed by atoms with E-state index >= 15 is 0 Å². The van der Waals surface area contributed by atoms with Crippen molar-refractivity contribution in [1.82, 2.24) is 9.78 Å². The molecule has 0 aliphatic heterocycles. The van der Waals surface area contributed by atoms with Gasteiger partial charge in [-0.25, -0.2) is 4.39 Å². The first kappa shape index (κ1) is 10.5. The van der Waals surface area contributed by atoms with E-state index in [-0.39, 0.29) is 5.82 Å². The topological polar surface area (TPSA) is 39.1 Å². The minimum atomic E-state index is -0.358. The molecule has 0 unspecified atom stereocenters. The third-order valence-corrected chi connectivity index (χ3v) is 2.16. The molecule has 0 saturated carbocycles. The fourth-order valence-corrected chi connectivity index (χ4v) is 1.37. The van der Waals surface area contributed by atoms with Gasteiger partial charge in [-0.1, -0.05) is 0 Å². The van der Waals surface area contributed by atoms with Crippen LogP contribution in [0.1, 0.15) is 0 Å². The zero-order valence-corrected chi connectivity index (χ0v) is 9.07. The van der Waals surface area contributed by atoms with Crippen LogP contribution in [0.5, 0.6) is 5.75 Å². The average Bonchev–Trinajstić information content (AvgIpc) is 2.67.